The van der Waals surface area contributed by atoms with Crippen LogP contribution in [0.5, 0.6) is 5.88 Å². The van der Waals surface area contributed by atoms with E-state index >= 15 is 0 Å². The molecule has 4 amide bonds. The Morgan fingerprint density at radius 3 is 2.47 bits per heavy atom. The lowest BCUT2D eigenvalue weighted by Crippen LogP contribution is -2.57. The maximum absolute atomic E-state index is 14.5. The molecule has 17 heteroatoms. The highest BCUT2D eigenvalue weighted by Crippen LogP contribution is 2.47. The smallest absolute Gasteiger partial charge is 0.429 e. The third-order valence-corrected chi connectivity index (χ3v) is 11.7. The van der Waals surface area contributed by atoms with E-state index in [1.54, 1.807) is 11.2 Å². The number of amides is 4. The van der Waals surface area contributed by atoms with Gasteiger partial charge in [0.25, 0.3) is 5.91 Å². The van der Waals surface area contributed by atoms with Crippen LogP contribution < -0.4 is 20.5 Å². The lowest BCUT2D eigenvalue weighted by molar-refractivity contribution is -0.141. The standard InChI is InChI=1S/C36H43N6O9PS/c43-31-28-19-24(50-32-30(29-17-10-18-53-29)37-25-14-8-9-15-26(25)38-32)21-42(28)33(44)27(39-35(46)51-23-12-6-7-13-23)16-5-3-1-2-4-11-22-20-36(22,40-31)34(45)41-52(47,48)49/h4,8-11,14-15,17-18,22-24,27-28H,1-3,5-7,12-13,16,19-21H2,(H,39,46)(H,40,43)(H3,41,45,47,48,49)/b11-4-/t22?,24-,27+,28+,36-/m1/s1. The fourth-order valence-corrected chi connectivity index (χ4v) is 8.70. The van der Waals surface area contributed by atoms with Gasteiger partial charge in [0.05, 0.1) is 22.5 Å². The van der Waals surface area contributed by atoms with E-state index in [1.165, 1.54) is 16.2 Å². The number of carbonyl (C=O) groups excluding carboxylic acids is 4. The number of aromatic nitrogens is 2. The molecule has 53 heavy (non-hydrogen) atoms. The van der Waals surface area contributed by atoms with Crippen LogP contribution in [0.25, 0.3) is 21.6 Å². The second-order valence-corrected chi connectivity index (χ2v) is 16.4. The Morgan fingerprint density at radius 1 is 0.981 bits per heavy atom. The van der Waals surface area contributed by atoms with Gasteiger partial charge in [-0.15, -0.1) is 11.3 Å². The predicted molar refractivity (Wildman–Crippen MR) is 194 cm³/mol. The number of rotatable bonds is 7. The number of alkyl carbamates (subject to hydrolysis) is 1. The average Bonchev–Trinajstić information content (AvgIpc) is 3.61. The Bertz CT molecular complexity index is 1930. The fraction of sp³-hybridized carbons (Fsp3) is 0.500. The first kappa shape index (κ1) is 37.0. The van der Waals surface area contributed by atoms with E-state index in [0.29, 0.717) is 36.0 Å². The molecule has 1 saturated heterocycles. The van der Waals surface area contributed by atoms with Crippen molar-refractivity contribution >= 4 is 53.9 Å². The first-order valence-corrected chi connectivity index (χ1v) is 20.6. The zero-order valence-electron chi connectivity index (χ0n) is 29.0. The maximum atomic E-state index is 14.5. The van der Waals surface area contributed by atoms with Crippen LogP contribution in [-0.2, 0) is 23.7 Å². The van der Waals surface area contributed by atoms with E-state index in [9.17, 15) is 33.5 Å². The molecule has 0 bridgehead atoms. The minimum absolute atomic E-state index is 0.00585. The van der Waals surface area contributed by atoms with E-state index in [1.807, 2.05) is 47.9 Å². The average molecular weight is 767 g/mol. The Morgan fingerprint density at radius 2 is 1.74 bits per heavy atom. The van der Waals surface area contributed by atoms with Gasteiger partial charge >= 0.3 is 13.8 Å². The van der Waals surface area contributed by atoms with Gasteiger partial charge in [-0.25, -0.2) is 19.3 Å². The van der Waals surface area contributed by atoms with E-state index in [-0.39, 0.29) is 31.4 Å². The van der Waals surface area contributed by atoms with Crippen LogP contribution in [0.4, 0.5) is 4.79 Å². The molecule has 7 rings (SSSR count). The van der Waals surface area contributed by atoms with Crippen LogP contribution in [0, 0.1) is 5.92 Å². The molecule has 15 nitrogen and oxygen atoms in total. The Labute approximate surface area is 310 Å². The van der Waals surface area contributed by atoms with Gasteiger partial charge in [0.2, 0.25) is 17.7 Å². The monoisotopic (exact) mass is 766 g/mol. The van der Waals surface area contributed by atoms with Crippen LogP contribution >= 0.6 is 19.1 Å². The van der Waals surface area contributed by atoms with Gasteiger partial charge in [-0.1, -0.05) is 43.2 Å². The summed E-state index contributed by atoms with van der Waals surface area (Å²) in [6, 6.07) is 9.00. The number of ether oxygens (including phenoxy) is 2. The number of thiophene rings is 1. The van der Waals surface area contributed by atoms with Gasteiger partial charge in [-0.2, -0.15) is 0 Å². The molecule has 2 aliphatic carbocycles. The number of nitrogens with one attached hydrogen (secondary N) is 3. The highest BCUT2D eigenvalue weighted by Gasteiger charge is 2.62. The van der Waals surface area contributed by atoms with Crippen LogP contribution in [0.2, 0.25) is 0 Å². The zero-order chi connectivity index (χ0) is 37.2. The quantitative estimate of drug-likeness (QED) is 0.169. The number of benzene rings is 1. The summed E-state index contributed by atoms with van der Waals surface area (Å²) in [6.07, 6.45) is 8.72. The highest BCUT2D eigenvalue weighted by molar-refractivity contribution is 7.50. The van der Waals surface area contributed by atoms with E-state index < -0.39 is 61.2 Å². The first-order valence-electron chi connectivity index (χ1n) is 18.1. The number of allylic oxidation sites excluding steroid dienone is 1. The minimum atomic E-state index is -4.98. The van der Waals surface area contributed by atoms with Crippen LogP contribution in [0.1, 0.15) is 70.6 Å². The Hall–Kier alpha value is -4.37. The molecular formula is C36H43N6O9PS. The topological polar surface area (TPSA) is 209 Å². The second-order valence-electron chi connectivity index (χ2n) is 14.2. The lowest BCUT2D eigenvalue weighted by atomic mass is 10.0. The molecule has 1 unspecified atom stereocenters. The second kappa shape index (κ2) is 15.5. The summed E-state index contributed by atoms with van der Waals surface area (Å²) in [6.45, 7) is -0.0455. The highest BCUT2D eigenvalue weighted by atomic mass is 32.1. The largest absolute Gasteiger partial charge is 0.471 e. The molecule has 4 heterocycles. The number of fused-ring (bicyclic) bond motifs is 3. The summed E-state index contributed by atoms with van der Waals surface area (Å²) in [7, 11) is -4.98. The molecule has 5 atom stereocenters. The van der Waals surface area contributed by atoms with Crippen molar-refractivity contribution in [2.24, 2.45) is 5.92 Å². The minimum Gasteiger partial charge on any atom is -0.471 e. The number of hydrogen-bond acceptors (Lipinski definition) is 10. The Kier molecular flexibility index (Phi) is 10.8. The van der Waals surface area contributed by atoms with Crippen molar-refractivity contribution < 1.29 is 43.0 Å². The van der Waals surface area contributed by atoms with Crippen molar-refractivity contribution in [3.05, 3.63) is 53.9 Å². The molecule has 2 saturated carbocycles. The van der Waals surface area contributed by atoms with Gasteiger partial charge in [0.15, 0.2) is 0 Å². The predicted octanol–water partition coefficient (Wildman–Crippen LogP) is 4.35. The summed E-state index contributed by atoms with van der Waals surface area (Å²) in [5, 5.41) is 9.20. The molecule has 3 fully saturated rings. The zero-order valence-corrected chi connectivity index (χ0v) is 30.7. The Balaban J connectivity index is 1.20. The van der Waals surface area contributed by atoms with Gasteiger partial charge in [-0.3, -0.25) is 19.5 Å². The molecule has 2 aromatic heterocycles. The molecule has 0 spiro atoms. The number of hydrogen-bond donors (Lipinski definition) is 5. The molecule has 1 aromatic carbocycles. The van der Waals surface area contributed by atoms with Crippen LogP contribution in [0.3, 0.4) is 0 Å². The van der Waals surface area contributed by atoms with Crippen molar-refractivity contribution in [1.82, 2.24) is 30.6 Å². The number of nitrogens with zero attached hydrogens (tertiary/aromatic N) is 3. The number of carbonyl (C=O) groups is 4. The van der Waals surface area contributed by atoms with Crippen LogP contribution in [-0.4, -0.2) is 84.8 Å². The fourth-order valence-electron chi connectivity index (χ4n) is 7.53. The molecule has 2 aliphatic heterocycles. The van der Waals surface area contributed by atoms with Crippen molar-refractivity contribution in [3.63, 3.8) is 0 Å². The summed E-state index contributed by atoms with van der Waals surface area (Å²) >= 11 is 1.46. The molecule has 5 N–H and O–H groups in total. The van der Waals surface area contributed by atoms with Gasteiger partial charge in [0, 0.05) is 12.3 Å². The number of para-hydroxylation sites is 2. The van der Waals surface area contributed by atoms with Gasteiger partial charge in [0.1, 0.15) is 35.5 Å². The molecule has 3 aromatic rings. The SMILES string of the molecule is O=C(N[C@H]1CCCCC/C=C\C2C[C@@]2(C(=O)NP(=O)(O)O)NC(=O)[C@@H]2C[C@@H](Oc3nc4ccccc4nc3-c3cccs3)CN2C1=O)OC1CCCC1. The normalized spacial score (nSPS) is 27.5. The summed E-state index contributed by atoms with van der Waals surface area (Å²) in [5.74, 6) is -2.49. The first-order chi connectivity index (χ1) is 25.5. The van der Waals surface area contributed by atoms with Gasteiger partial charge in [-0.05, 0) is 74.9 Å². The van der Waals surface area contributed by atoms with Crippen LogP contribution in [0.15, 0.2) is 53.9 Å². The maximum Gasteiger partial charge on any atom is 0.429 e. The summed E-state index contributed by atoms with van der Waals surface area (Å²) < 4.78 is 24.0. The lowest BCUT2D eigenvalue weighted by Gasteiger charge is -2.30. The van der Waals surface area contributed by atoms with Crippen molar-refractivity contribution in [3.8, 4) is 16.5 Å². The van der Waals surface area contributed by atoms with Crippen molar-refractivity contribution in [2.75, 3.05) is 6.54 Å². The molecule has 0 radical (unpaired) electrons. The van der Waals surface area contributed by atoms with Crippen molar-refractivity contribution in [2.45, 2.75) is 100 Å². The molecule has 4 aliphatic rings. The van der Waals surface area contributed by atoms with E-state index in [4.69, 9.17) is 19.4 Å². The molecular weight excluding hydrogens is 723 g/mol. The van der Waals surface area contributed by atoms with E-state index in [0.717, 1.165) is 43.4 Å². The van der Waals surface area contributed by atoms with Crippen molar-refractivity contribution in [1.29, 1.82) is 0 Å². The van der Waals surface area contributed by atoms with E-state index in [2.05, 4.69) is 10.6 Å². The molecule has 282 valence electrons. The third-order valence-electron chi connectivity index (χ3n) is 10.3. The van der Waals surface area contributed by atoms with Gasteiger partial charge < -0.3 is 34.8 Å². The summed E-state index contributed by atoms with van der Waals surface area (Å²) in [5.41, 5.74) is 0.151. The summed E-state index contributed by atoms with van der Waals surface area (Å²) in [4.78, 5) is 86.1. The third kappa shape index (κ3) is 8.56.